The molecule has 0 saturated heterocycles. The van der Waals surface area contributed by atoms with Gasteiger partial charge in [-0.1, -0.05) is 13.3 Å². The molecule has 4 heteroatoms. The highest BCUT2D eigenvalue weighted by Gasteiger charge is 2.23. The monoisotopic (exact) mass is 270 g/mol. The topological polar surface area (TPSA) is 35.0 Å². The molecule has 0 aromatic carbocycles. The summed E-state index contributed by atoms with van der Waals surface area (Å²) in [5.41, 5.74) is 0. The van der Waals surface area contributed by atoms with Crippen LogP contribution in [0.4, 0.5) is 0 Å². The summed E-state index contributed by atoms with van der Waals surface area (Å²) in [5, 5.41) is 0. The van der Waals surface area contributed by atoms with Crippen molar-refractivity contribution in [2.24, 2.45) is 5.92 Å². The van der Waals surface area contributed by atoms with E-state index in [2.05, 4.69) is 32.8 Å². The van der Waals surface area contributed by atoms with E-state index in [0.29, 0.717) is 17.9 Å². The van der Waals surface area contributed by atoms with Crippen molar-refractivity contribution in [3.05, 3.63) is 17.0 Å². The van der Waals surface area contributed by atoms with E-state index in [1.54, 1.807) is 12.4 Å². The molecule has 1 aromatic heterocycles. The third-order valence-corrected chi connectivity index (χ3v) is 3.31. The molecule has 1 saturated carbocycles. The molecule has 1 aliphatic carbocycles. The third-order valence-electron chi connectivity index (χ3n) is 2.90. The minimum atomic E-state index is 0.314. The van der Waals surface area contributed by atoms with Gasteiger partial charge in [0.1, 0.15) is 10.7 Å². The van der Waals surface area contributed by atoms with Gasteiger partial charge in [0.05, 0.1) is 12.4 Å². The van der Waals surface area contributed by atoms with Gasteiger partial charge in [-0.15, -0.1) is 0 Å². The maximum atomic E-state index is 5.83. The molecule has 1 heterocycles. The van der Waals surface area contributed by atoms with E-state index < -0.39 is 0 Å². The largest absolute Gasteiger partial charge is 0.473 e. The van der Waals surface area contributed by atoms with E-state index in [4.69, 9.17) is 4.74 Å². The Kier molecular flexibility index (Phi) is 3.57. The van der Waals surface area contributed by atoms with Crippen molar-refractivity contribution in [1.29, 1.82) is 0 Å². The second-order valence-corrected chi connectivity index (χ2v) is 4.91. The molecule has 15 heavy (non-hydrogen) atoms. The summed E-state index contributed by atoms with van der Waals surface area (Å²) in [7, 11) is 0. The lowest BCUT2D eigenvalue weighted by Crippen LogP contribution is -2.28. The number of nitrogens with zero attached hydrogens (tertiary/aromatic N) is 2. The Balaban J connectivity index is 1.98. The lowest BCUT2D eigenvalue weighted by atomic mass is 9.88. The summed E-state index contributed by atoms with van der Waals surface area (Å²) in [6.07, 6.45) is 8.64. The van der Waals surface area contributed by atoms with Crippen LogP contribution in [-0.2, 0) is 0 Å². The summed E-state index contributed by atoms with van der Waals surface area (Å²) in [6.45, 7) is 2.25. The first-order valence-electron chi connectivity index (χ1n) is 5.40. The number of halogens is 1. The Labute approximate surface area is 98.4 Å². The Morgan fingerprint density at radius 1 is 1.27 bits per heavy atom. The molecule has 82 valence electrons. The van der Waals surface area contributed by atoms with E-state index in [-0.39, 0.29) is 0 Å². The van der Waals surface area contributed by atoms with Gasteiger partial charge in [-0.3, -0.25) is 0 Å². The quantitative estimate of drug-likeness (QED) is 0.828. The average Bonchev–Trinajstić information content (AvgIpc) is 2.25. The van der Waals surface area contributed by atoms with Crippen molar-refractivity contribution in [3.8, 4) is 5.88 Å². The normalized spacial score (nSPS) is 26.3. The standard InChI is InChI=1S/C11H15BrN2O/c1-8-4-2-3-5-9(8)15-11-7-13-10(12)6-14-11/h6-9H,2-5H2,1H3. The molecule has 0 amide bonds. The van der Waals surface area contributed by atoms with E-state index in [1.165, 1.54) is 19.3 Å². The minimum absolute atomic E-state index is 0.314. The van der Waals surface area contributed by atoms with Crippen molar-refractivity contribution >= 4 is 15.9 Å². The molecule has 0 bridgehead atoms. The molecule has 1 fully saturated rings. The van der Waals surface area contributed by atoms with Gasteiger partial charge in [-0.25, -0.2) is 9.97 Å². The second kappa shape index (κ2) is 4.92. The zero-order valence-electron chi connectivity index (χ0n) is 8.82. The lowest BCUT2D eigenvalue weighted by molar-refractivity contribution is 0.0971. The molecular weight excluding hydrogens is 256 g/mol. The summed E-state index contributed by atoms with van der Waals surface area (Å²) in [6, 6.07) is 0. The molecule has 0 N–H and O–H groups in total. The van der Waals surface area contributed by atoms with Crippen molar-refractivity contribution in [3.63, 3.8) is 0 Å². The zero-order valence-corrected chi connectivity index (χ0v) is 10.4. The summed E-state index contributed by atoms with van der Waals surface area (Å²) in [4.78, 5) is 8.27. The van der Waals surface area contributed by atoms with Gasteiger partial charge in [-0.05, 0) is 41.1 Å². The van der Waals surface area contributed by atoms with Crippen LogP contribution in [0.25, 0.3) is 0 Å². The van der Waals surface area contributed by atoms with Crippen LogP contribution in [0, 0.1) is 5.92 Å². The highest BCUT2D eigenvalue weighted by molar-refractivity contribution is 9.10. The van der Waals surface area contributed by atoms with Crippen LogP contribution >= 0.6 is 15.9 Å². The van der Waals surface area contributed by atoms with Crippen LogP contribution in [0.1, 0.15) is 32.6 Å². The van der Waals surface area contributed by atoms with Gasteiger partial charge >= 0.3 is 0 Å². The van der Waals surface area contributed by atoms with Crippen molar-refractivity contribution < 1.29 is 4.74 Å². The number of rotatable bonds is 2. The van der Waals surface area contributed by atoms with Crippen molar-refractivity contribution in [1.82, 2.24) is 9.97 Å². The molecular formula is C11H15BrN2O. The molecule has 0 radical (unpaired) electrons. The molecule has 2 rings (SSSR count). The smallest absolute Gasteiger partial charge is 0.232 e. The molecule has 3 nitrogen and oxygen atoms in total. The Morgan fingerprint density at radius 3 is 2.73 bits per heavy atom. The fourth-order valence-corrected chi connectivity index (χ4v) is 2.18. The SMILES string of the molecule is CC1CCCCC1Oc1cnc(Br)cn1. The summed E-state index contributed by atoms with van der Waals surface area (Å²) in [5.74, 6) is 1.26. The van der Waals surface area contributed by atoms with E-state index in [0.717, 1.165) is 11.0 Å². The predicted octanol–water partition coefficient (Wildman–Crippen LogP) is 3.20. The highest BCUT2D eigenvalue weighted by Crippen LogP contribution is 2.27. The Morgan fingerprint density at radius 2 is 2.07 bits per heavy atom. The Hall–Kier alpha value is -0.640. The van der Waals surface area contributed by atoms with E-state index >= 15 is 0 Å². The molecule has 1 aromatic rings. The minimum Gasteiger partial charge on any atom is -0.473 e. The van der Waals surface area contributed by atoms with Gasteiger partial charge in [-0.2, -0.15) is 0 Å². The summed E-state index contributed by atoms with van der Waals surface area (Å²) >= 11 is 3.25. The molecule has 2 atom stereocenters. The van der Waals surface area contributed by atoms with Crippen molar-refractivity contribution in [2.45, 2.75) is 38.7 Å². The fourth-order valence-electron chi connectivity index (χ4n) is 1.97. The van der Waals surface area contributed by atoms with E-state index in [1.807, 2.05) is 0 Å². The molecule has 2 unspecified atom stereocenters. The first kappa shape index (κ1) is 10.9. The van der Waals surface area contributed by atoms with Crippen LogP contribution < -0.4 is 4.74 Å². The predicted molar refractivity (Wildman–Crippen MR) is 61.8 cm³/mol. The van der Waals surface area contributed by atoms with Gasteiger partial charge < -0.3 is 4.74 Å². The highest BCUT2D eigenvalue weighted by atomic mass is 79.9. The van der Waals surface area contributed by atoms with Crippen LogP contribution in [-0.4, -0.2) is 16.1 Å². The van der Waals surface area contributed by atoms with Crippen molar-refractivity contribution in [2.75, 3.05) is 0 Å². The van der Waals surface area contributed by atoms with Crippen LogP contribution in [0.2, 0.25) is 0 Å². The molecule has 0 spiro atoms. The maximum absolute atomic E-state index is 5.83. The number of hydrogen-bond acceptors (Lipinski definition) is 3. The first-order valence-corrected chi connectivity index (χ1v) is 6.19. The van der Waals surface area contributed by atoms with Gasteiger partial charge in [0.25, 0.3) is 0 Å². The third kappa shape index (κ3) is 2.91. The number of hydrogen-bond donors (Lipinski definition) is 0. The second-order valence-electron chi connectivity index (χ2n) is 4.10. The first-order chi connectivity index (χ1) is 7.25. The molecule has 1 aliphatic rings. The van der Waals surface area contributed by atoms with Gasteiger partial charge in [0, 0.05) is 0 Å². The van der Waals surface area contributed by atoms with Gasteiger partial charge in [0.2, 0.25) is 5.88 Å². The lowest BCUT2D eigenvalue weighted by Gasteiger charge is -2.28. The fraction of sp³-hybridized carbons (Fsp3) is 0.636. The average molecular weight is 271 g/mol. The van der Waals surface area contributed by atoms with Crippen LogP contribution in [0.5, 0.6) is 5.88 Å². The van der Waals surface area contributed by atoms with Crippen LogP contribution in [0.15, 0.2) is 17.0 Å². The Bertz CT molecular complexity index is 315. The number of aromatic nitrogens is 2. The zero-order chi connectivity index (χ0) is 10.7. The maximum Gasteiger partial charge on any atom is 0.232 e. The molecule has 0 aliphatic heterocycles. The van der Waals surface area contributed by atoms with E-state index in [9.17, 15) is 0 Å². The summed E-state index contributed by atoms with van der Waals surface area (Å²) < 4.78 is 6.57. The van der Waals surface area contributed by atoms with Gasteiger partial charge in [0.15, 0.2) is 0 Å². The number of ether oxygens (including phenoxy) is 1. The van der Waals surface area contributed by atoms with Crippen LogP contribution in [0.3, 0.4) is 0 Å².